The molecule has 0 unspecified atom stereocenters. The highest BCUT2D eigenvalue weighted by atomic mass is 16.5. The molecule has 0 fully saturated rings. The fourth-order valence-corrected chi connectivity index (χ4v) is 2.18. The number of ether oxygens (including phenoxy) is 1. The molecule has 0 amide bonds. The van der Waals surface area contributed by atoms with Crippen molar-refractivity contribution in [3.63, 3.8) is 0 Å². The van der Waals surface area contributed by atoms with Crippen LogP contribution in [0.5, 0.6) is 0 Å². The predicted octanol–water partition coefficient (Wildman–Crippen LogP) is 3.58. The summed E-state index contributed by atoms with van der Waals surface area (Å²) < 4.78 is 5.07. The summed E-state index contributed by atoms with van der Waals surface area (Å²) in [5.41, 5.74) is 3.33. The number of carbonyl (C=O) groups excluding carboxylic acids is 1. The third-order valence-electron chi connectivity index (χ3n) is 3.24. The first-order chi connectivity index (χ1) is 10.2. The van der Waals surface area contributed by atoms with Crippen molar-refractivity contribution in [2.75, 3.05) is 6.61 Å². The Balaban J connectivity index is 2.45. The Labute approximate surface area is 125 Å². The van der Waals surface area contributed by atoms with Gasteiger partial charge in [-0.1, -0.05) is 37.6 Å². The highest BCUT2D eigenvalue weighted by Gasteiger charge is 2.16. The summed E-state index contributed by atoms with van der Waals surface area (Å²) in [6.45, 7) is 6.23. The van der Waals surface area contributed by atoms with Gasteiger partial charge in [0.25, 0.3) is 0 Å². The van der Waals surface area contributed by atoms with Gasteiger partial charge >= 0.3 is 5.97 Å². The van der Waals surface area contributed by atoms with Gasteiger partial charge in [-0.05, 0) is 25.8 Å². The van der Waals surface area contributed by atoms with Crippen LogP contribution in [0, 0.1) is 6.92 Å². The average Bonchev–Trinajstić information content (AvgIpc) is 2.48. The van der Waals surface area contributed by atoms with Crippen LogP contribution in [-0.4, -0.2) is 22.5 Å². The maximum atomic E-state index is 12.0. The molecule has 4 heteroatoms. The zero-order valence-electron chi connectivity index (χ0n) is 12.7. The molecule has 1 heterocycles. The van der Waals surface area contributed by atoms with Gasteiger partial charge in [0.2, 0.25) is 0 Å². The molecule has 0 saturated carbocycles. The monoisotopic (exact) mass is 284 g/mol. The second-order valence-corrected chi connectivity index (χ2v) is 4.84. The Hall–Kier alpha value is -2.23. The maximum Gasteiger partial charge on any atom is 0.341 e. The summed E-state index contributed by atoms with van der Waals surface area (Å²) in [5, 5.41) is 0. The lowest BCUT2D eigenvalue weighted by atomic mass is 10.1. The minimum atomic E-state index is -0.350. The smallest absolute Gasteiger partial charge is 0.341 e. The van der Waals surface area contributed by atoms with Crippen LogP contribution in [-0.2, 0) is 11.2 Å². The number of benzene rings is 1. The molecule has 21 heavy (non-hydrogen) atoms. The minimum absolute atomic E-state index is 0.350. The number of esters is 1. The van der Waals surface area contributed by atoms with Crippen LogP contribution in [0.15, 0.2) is 30.5 Å². The molecule has 0 N–H and O–H groups in total. The van der Waals surface area contributed by atoms with Gasteiger partial charge in [0.05, 0.1) is 17.9 Å². The van der Waals surface area contributed by atoms with Crippen molar-refractivity contribution >= 4 is 5.97 Å². The van der Waals surface area contributed by atoms with E-state index in [1.54, 1.807) is 13.1 Å². The van der Waals surface area contributed by atoms with Crippen LogP contribution in [0.25, 0.3) is 11.4 Å². The van der Waals surface area contributed by atoms with E-state index in [0.29, 0.717) is 18.0 Å². The zero-order chi connectivity index (χ0) is 15.2. The molecule has 0 spiro atoms. The third-order valence-corrected chi connectivity index (χ3v) is 3.24. The summed E-state index contributed by atoms with van der Waals surface area (Å²) in [6, 6.07) is 7.96. The number of nitrogens with zero attached hydrogens (tertiary/aromatic N) is 2. The van der Waals surface area contributed by atoms with E-state index in [4.69, 9.17) is 4.74 Å². The van der Waals surface area contributed by atoms with Crippen LogP contribution in [0.3, 0.4) is 0 Å². The van der Waals surface area contributed by atoms with Crippen molar-refractivity contribution in [2.24, 2.45) is 0 Å². The highest BCUT2D eigenvalue weighted by Crippen LogP contribution is 2.21. The van der Waals surface area contributed by atoms with E-state index in [-0.39, 0.29) is 5.97 Å². The summed E-state index contributed by atoms with van der Waals surface area (Å²) in [5.74, 6) is 0.307. The molecule has 0 atom stereocenters. The van der Waals surface area contributed by atoms with Gasteiger partial charge in [0.1, 0.15) is 0 Å². The predicted molar refractivity (Wildman–Crippen MR) is 82.2 cm³/mol. The van der Waals surface area contributed by atoms with Crippen LogP contribution in [0.1, 0.15) is 41.9 Å². The zero-order valence-corrected chi connectivity index (χ0v) is 12.7. The Kier molecular flexibility index (Phi) is 5.04. The van der Waals surface area contributed by atoms with Gasteiger partial charge < -0.3 is 4.74 Å². The van der Waals surface area contributed by atoms with E-state index in [1.807, 2.05) is 31.2 Å². The molecule has 4 nitrogen and oxygen atoms in total. The van der Waals surface area contributed by atoms with Gasteiger partial charge in [0.15, 0.2) is 5.82 Å². The number of hydrogen-bond acceptors (Lipinski definition) is 4. The molecule has 0 aliphatic heterocycles. The number of carbonyl (C=O) groups is 1. The summed E-state index contributed by atoms with van der Waals surface area (Å²) in [4.78, 5) is 20.9. The molecule has 0 bridgehead atoms. The van der Waals surface area contributed by atoms with Crippen molar-refractivity contribution in [2.45, 2.75) is 33.6 Å². The van der Waals surface area contributed by atoms with Gasteiger partial charge in [-0.3, -0.25) is 0 Å². The topological polar surface area (TPSA) is 52.1 Å². The lowest BCUT2D eigenvalue weighted by Crippen LogP contribution is -2.11. The van der Waals surface area contributed by atoms with Crippen molar-refractivity contribution in [1.29, 1.82) is 0 Å². The van der Waals surface area contributed by atoms with Crippen LogP contribution in [0.4, 0.5) is 0 Å². The summed E-state index contributed by atoms with van der Waals surface area (Å²) >= 11 is 0. The van der Waals surface area contributed by atoms with E-state index >= 15 is 0 Å². The average molecular weight is 284 g/mol. The number of aromatic nitrogens is 2. The van der Waals surface area contributed by atoms with Crippen LogP contribution >= 0.6 is 0 Å². The lowest BCUT2D eigenvalue weighted by Gasteiger charge is -2.10. The quantitative estimate of drug-likeness (QED) is 0.787. The molecule has 0 aliphatic rings. The van der Waals surface area contributed by atoms with E-state index in [2.05, 4.69) is 16.9 Å². The van der Waals surface area contributed by atoms with Gasteiger partial charge in [-0.25, -0.2) is 14.8 Å². The molecule has 0 saturated heterocycles. The first-order valence-corrected chi connectivity index (χ1v) is 7.26. The third kappa shape index (κ3) is 3.45. The summed E-state index contributed by atoms with van der Waals surface area (Å²) in [6.07, 6.45) is 3.23. The van der Waals surface area contributed by atoms with E-state index in [1.165, 1.54) is 0 Å². The molecule has 0 aliphatic carbocycles. The number of rotatable bonds is 5. The fourth-order valence-electron chi connectivity index (χ4n) is 2.18. The first kappa shape index (κ1) is 15.2. The highest BCUT2D eigenvalue weighted by molar-refractivity contribution is 5.90. The van der Waals surface area contributed by atoms with E-state index < -0.39 is 0 Å². The second kappa shape index (κ2) is 6.97. The van der Waals surface area contributed by atoms with Gasteiger partial charge in [-0.15, -0.1) is 0 Å². The van der Waals surface area contributed by atoms with E-state index in [0.717, 1.165) is 29.7 Å². The molecule has 2 aromatic rings. The molecule has 2 rings (SSSR count). The van der Waals surface area contributed by atoms with Crippen molar-refractivity contribution in [3.05, 3.63) is 47.3 Å². The van der Waals surface area contributed by atoms with Crippen LogP contribution < -0.4 is 0 Å². The number of hydrogen-bond donors (Lipinski definition) is 0. The van der Waals surface area contributed by atoms with Gasteiger partial charge in [-0.2, -0.15) is 0 Å². The Morgan fingerprint density at radius 1 is 1.24 bits per heavy atom. The van der Waals surface area contributed by atoms with Crippen molar-refractivity contribution in [1.82, 2.24) is 9.97 Å². The maximum absolute atomic E-state index is 12.0. The fraction of sp³-hybridized carbons (Fsp3) is 0.353. The number of aryl methyl sites for hydroxylation is 2. The second-order valence-electron chi connectivity index (χ2n) is 4.84. The van der Waals surface area contributed by atoms with Crippen molar-refractivity contribution < 1.29 is 9.53 Å². The molecule has 1 aromatic carbocycles. The largest absolute Gasteiger partial charge is 0.462 e. The van der Waals surface area contributed by atoms with Crippen molar-refractivity contribution in [3.8, 4) is 11.4 Å². The SMILES string of the molecule is CCCc1nc(-c2ccccc2C)ncc1C(=O)OCC. The van der Waals surface area contributed by atoms with Crippen LogP contribution in [0.2, 0.25) is 0 Å². The molecule has 0 radical (unpaired) electrons. The molecule has 110 valence electrons. The standard InChI is InChI=1S/C17H20N2O2/c1-4-8-15-14(17(20)21-5-2)11-18-16(19-15)13-10-7-6-9-12(13)3/h6-7,9-11H,4-5,8H2,1-3H3. The first-order valence-electron chi connectivity index (χ1n) is 7.26. The lowest BCUT2D eigenvalue weighted by molar-refractivity contribution is 0.0524. The Morgan fingerprint density at radius 2 is 2.00 bits per heavy atom. The molecule has 1 aromatic heterocycles. The van der Waals surface area contributed by atoms with E-state index in [9.17, 15) is 4.79 Å². The minimum Gasteiger partial charge on any atom is -0.462 e. The van der Waals surface area contributed by atoms with Gasteiger partial charge in [0, 0.05) is 11.8 Å². The Morgan fingerprint density at radius 3 is 2.67 bits per heavy atom. The molecular weight excluding hydrogens is 264 g/mol. The normalized spacial score (nSPS) is 10.4. The molecular formula is C17H20N2O2. The Bertz CT molecular complexity index is 638. The summed E-state index contributed by atoms with van der Waals surface area (Å²) in [7, 11) is 0.